The number of hydrogen-bond donors (Lipinski definition) is 1. The Hall–Kier alpha value is -3.27. The molecule has 0 spiro atoms. The fourth-order valence-electron chi connectivity index (χ4n) is 5.32. The van der Waals surface area contributed by atoms with Gasteiger partial charge in [-0.1, -0.05) is 41.6 Å². The van der Waals surface area contributed by atoms with Crippen LogP contribution in [0.15, 0.2) is 59.5 Å². The number of hydrogen-bond acceptors (Lipinski definition) is 6. The van der Waals surface area contributed by atoms with Gasteiger partial charge in [-0.2, -0.15) is 4.31 Å². The highest BCUT2D eigenvalue weighted by atomic mass is 32.2. The molecule has 0 aliphatic carbocycles. The maximum absolute atomic E-state index is 13.7. The predicted octanol–water partition coefficient (Wildman–Crippen LogP) is 3.74. The van der Waals surface area contributed by atoms with Gasteiger partial charge in [-0.25, -0.2) is 13.1 Å². The van der Waals surface area contributed by atoms with Gasteiger partial charge in [-0.3, -0.25) is 0 Å². The third-order valence-corrected chi connectivity index (χ3v) is 9.47. The van der Waals surface area contributed by atoms with E-state index >= 15 is 0 Å². The zero-order valence-electron chi connectivity index (χ0n) is 21.7. The van der Waals surface area contributed by atoms with Gasteiger partial charge in [0.1, 0.15) is 10.4 Å². The van der Waals surface area contributed by atoms with E-state index in [1.165, 1.54) is 0 Å². The molecule has 1 aromatic heterocycles. The molecule has 0 amide bonds. The summed E-state index contributed by atoms with van der Waals surface area (Å²) in [6, 6.07) is 17.5. The minimum atomic E-state index is -3.66. The van der Waals surface area contributed by atoms with E-state index in [-0.39, 0.29) is 19.1 Å². The molecular weight excluding hydrogens is 486 g/mol. The second kappa shape index (κ2) is 9.89. The topological polar surface area (TPSA) is 91.6 Å². The molecule has 1 unspecified atom stereocenters. The highest BCUT2D eigenvalue weighted by molar-refractivity contribution is 7.89. The van der Waals surface area contributed by atoms with E-state index in [0.29, 0.717) is 24.4 Å². The summed E-state index contributed by atoms with van der Waals surface area (Å²) in [5.74, 6) is -0.0524. The highest BCUT2D eigenvalue weighted by Crippen LogP contribution is 2.35. The zero-order chi connectivity index (χ0) is 26.3. The van der Waals surface area contributed by atoms with Crippen molar-refractivity contribution in [2.45, 2.75) is 37.6 Å². The lowest BCUT2D eigenvalue weighted by molar-refractivity contribution is 0.281. The first-order valence-electron chi connectivity index (χ1n) is 12.5. The molecule has 0 saturated carbocycles. The molecule has 1 aliphatic rings. The maximum Gasteiger partial charge on any atom is 0.245 e. The van der Waals surface area contributed by atoms with Crippen LogP contribution in [0.4, 0.5) is 5.69 Å². The van der Waals surface area contributed by atoms with Gasteiger partial charge in [0, 0.05) is 46.3 Å². The fraction of sp³-hybridized carbons (Fsp3) is 0.357. The number of rotatable bonds is 6. The first kappa shape index (κ1) is 25.4. The Morgan fingerprint density at radius 3 is 2.59 bits per heavy atom. The van der Waals surface area contributed by atoms with Crippen LogP contribution in [0, 0.1) is 13.8 Å². The van der Waals surface area contributed by atoms with E-state index < -0.39 is 10.0 Å². The van der Waals surface area contributed by atoms with Gasteiger partial charge < -0.3 is 10.0 Å². The molecule has 0 saturated heterocycles. The van der Waals surface area contributed by atoms with E-state index in [2.05, 4.69) is 34.6 Å². The summed E-state index contributed by atoms with van der Waals surface area (Å²) >= 11 is 0. The van der Waals surface area contributed by atoms with Crippen LogP contribution in [0.1, 0.15) is 40.2 Å². The summed E-state index contributed by atoms with van der Waals surface area (Å²) in [6.07, 6.45) is 0.551. The summed E-state index contributed by atoms with van der Waals surface area (Å²) in [7, 11) is 0.147. The summed E-state index contributed by atoms with van der Waals surface area (Å²) in [5, 5.41) is 18.5. The molecule has 9 heteroatoms. The molecule has 194 valence electrons. The van der Waals surface area contributed by atoms with E-state index in [4.69, 9.17) is 0 Å². The van der Waals surface area contributed by atoms with Crippen molar-refractivity contribution in [2.24, 2.45) is 7.05 Å². The number of aliphatic hydroxyl groups excluding tert-OH is 1. The number of anilines is 1. The van der Waals surface area contributed by atoms with Crippen molar-refractivity contribution in [3.8, 4) is 0 Å². The Bertz CT molecular complexity index is 1560. The van der Waals surface area contributed by atoms with Crippen LogP contribution < -0.4 is 4.90 Å². The van der Waals surface area contributed by atoms with Crippen molar-refractivity contribution in [1.82, 2.24) is 19.3 Å². The minimum Gasteiger partial charge on any atom is -0.396 e. The summed E-state index contributed by atoms with van der Waals surface area (Å²) < 4.78 is 30.6. The molecule has 37 heavy (non-hydrogen) atoms. The number of para-hydroxylation sites is 1. The average Bonchev–Trinajstić information content (AvgIpc) is 3.24. The normalized spacial score (nSPS) is 16.5. The molecule has 0 fully saturated rings. The van der Waals surface area contributed by atoms with Gasteiger partial charge in [0.05, 0.1) is 11.2 Å². The molecule has 0 bridgehead atoms. The van der Waals surface area contributed by atoms with Crippen LogP contribution in [0.3, 0.4) is 0 Å². The number of benzene rings is 3. The molecule has 2 heterocycles. The molecule has 1 atom stereocenters. The van der Waals surface area contributed by atoms with Crippen molar-refractivity contribution in [3.63, 3.8) is 0 Å². The van der Waals surface area contributed by atoms with Crippen LogP contribution in [0.5, 0.6) is 0 Å². The summed E-state index contributed by atoms with van der Waals surface area (Å²) in [5.41, 5.74) is 7.73. The van der Waals surface area contributed by atoms with Gasteiger partial charge in [0.2, 0.25) is 10.0 Å². The van der Waals surface area contributed by atoms with Crippen LogP contribution in [-0.4, -0.2) is 59.6 Å². The van der Waals surface area contributed by atoms with Crippen LogP contribution >= 0.6 is 0 Å². The molecule has 5 rings (SSSR count). The standard InChI is InChI=1S/C28H33N5O3S/c1-19-9-10-21(24(13-16-34)23-11-12-26-28(20(23)2)29-30-32(26)4)17-22(19)18-33-15-14-31(3)25-7-5-6-8-27(25)37(33,35)36/h5-12,17,24,34H,13-16,18H2,1-4H3. The lowest BCUT2D eigenvalue weighted by Crippen LogP contribution is -2.33. The quantitative estimate of drug-likeness (QED) is 0.417. The molecule has 1 aliphatic heterocycles. The van der Waals surface area contributed by atoms with Gasteiger partial charge >= 0.3 is 0 Å². The Labute approximate surface area is 218 Å². The number of aryl methyl sites for hydroxylation is 3. The van der Waals surface area contributed by atoms with Gasteiger partial charge in [0.15, 0.2) is 0 Å². The van der Waals surface area contributed by atoms with Crippen LogP contribution in [-0.2, 0) is 23.6 Å². The van der Waals surface area contributed by atoms with Gasteiger partial charge in [-0.15, -0.1) is 5.10 Å². The second-order valence-electron chi connectivity index (χ2n) is 9.84. The number of likely N-dealkylation sites (N-methyl/N-ethyl adjacent to an activating group) is 1. The molecule has 8 nitrogen and oxygen atoms in total. The van der Waals surface area contributed by atoms with E-state index in [0.717, 1.165) is 44.5 Å². The number of sulfonamides is 1. The Morgan fingerprint density at radius 1 is 1.03 bits per heavy atom. The predicted molar refractivity (Wildman–Crippen MR) is 145 cm³/mol. The van der Waals surface area contributed by atoms with E-state index in [1.54, 1.807) is 21.1 Å². The third-order valence-electron chi connectivity index (χ3n) is 7.57. The van der Waals surface area contributed by atoms with Crippen molar-refractivity contribution in [2.75, 3.05) is 31.6 Å². The van der Waals surface area contributed by atoms with E-state index in [9.17, 15) is 13.5 Å². The first-order valence-corrected chi connectivity index (χ1v) is 14.0. The number of nitrogens with zero attached hydrogens (tertiary/aromatic N) is 5. The van der Waals surface area contributed by atoms with Crippen LogP contribution in [0.2, 0.25) is 0 Å². The Morgan fingerprint density at radius 2 is 1.81 bits per heavy atom. The minimum absolute atomic E-state index is 0.0371. The molecule has 4 aromatic rings. The highest BCUT2D eigenvalue weighted by Gasteiger charge is 2.32. The lowest BCUT2D eigenvalue weighted by Gasteiger charge is -2.24. The van der Waals surface area contributed by atoms with E-state index in [1.807, 2.05) is 51.0 Å². The Kier molecular flexibility index (Phi) is 6.78. The largest absolute Gasteiger partial charge is 0.396 e. The summed E-state index contributed by atoms with van der Waals surface area (Å²) in [4.78, 5) is 2.34. The van der Waals surface area contributed by atoms with Gasteiger partial charge in [0.25, 0.3) is 0 Å². The zero-order valence-corrected chi connectivity index (χ0v) is 22.5. The molecule has 1 N–H and O–H groups in total. The summed E-state index contributed by atoms with van der Waals surface area (Å²) in [6.45, 7) is 5.40. The third kappa shape index (κ3) is 4.52. The SMILES string of the molecule is Cc1ccc(C(CCO)c2ccc3c(nnn3C)c2C)cc1CN1CCN(C)c2ccccc2S1(=O)=O. The maximum atomic E-state index is 13.7. The average molecular weight is 520 g/mol. The van der Waals surface area contributed by atoms with Crippen molar-refractivity contribution < 1.29 is 13.5 Å². The lowest BCUT2D eigenvalue weighted by atomic mass is 9.84. The van der Waals surface area contributed by atoms with Crippen molar-refractivity contribution in [1.29, 1.82) is 0 Å². The van der Waals surface area contributed by atoms with Crippen molar-refractivity contribution >= 4 is 26.7 Å². The fourth-order valence-corrected chi connectivity index (χ4v) is 6.97. The number of aliphatic hydroxyl groups is 1. The smallest absolute Gasteiger partial charge is 0.245 e. The van der Waals surface area contributed by atoms with Gasteiger partial charge in [-0.05, 0) is 66.3 Å². The number of fused-ring (bicyclic) bond motifs is 2. The molecule has 0 radical (unpaired) electrons. The van der Waals surface area contributed by atoms with Crippen molar-refractivity contribution in [3.05, 3.63) is 82.4 Å². The molecular formula is C28H33N5O3S. The second-order valence-corrected chi connectivity index (χ2v) is 11.7. The number of aromatic nitrogens is 3. The monoisotopic (exact) mass is 519 g/mol. The molecule has 3 aromatic carbocycles. The Balaban J connectivity index is 1.53. The van der Waals surface area contributed by atoms with Crippen LogP contribution in [0.25, 0.3) is 11.0 Å². The first-order chi connectivity index (χ1) is 17.7.